The van der Waals surface area contributed by atoms with Gasteiger partial charge in [-0.15, -0.1) is 4.83 Å². The van der Waals surface area contributed by atoms with Crippen LogP contribution >= 0.6 is 11.3 Å². The normalized spacial score (nSPS) is 11.5. The van der Waals surface area contributed by atoms with Crippen LogP contribution in [0.2, 0.25) is 0 Å². The Morgan fingerprint density at radius 2 is 1.72 bits per heavy atom. The van der Waals surface area contributed by atoms with Crippen molar-refractivity contribution in [3.63, 3.8) is 0 Å². The number of ether oxygens (including phenoxy) is 1. The first-order valence-electron chi connectivity index (χ1n) is 11.3. The average molecular weight is 573 g/mol. The molecule has 0 saturated carbocycles. The second-order valence-corrected chi connectivity index (χ2v) is 10.8. The minimum Gasteiger partial charge on any atom is -0.497 e. The molecule has 0 aliphatic heterocycles. The van der Waals surface area contributed by atoms with E-state index in [0.29, 0.717) is 16.4 Å². The average Bonchev–Trinajstić information content (AvgIpc) is 3.34. The molecule has 3 aromatic carbocycles. The lowest BCUT2D eigenvalue weighted by atomic mass is 10.1. The summed E-state index contributed by atoms with van der Waals surface area (Å²) in [4.78, 5) is 15.2. The third-order valence-electron chi connectivity index (χ3n) is 5.45. The van der Waals surface area contributed by atoms with E-state index in [1.165, 1.54) is 29.5 Å². The third-order valence-corrected chi connectivity index (χ3v) is 7.64. The number of methoxy groups -OCH3 is 1. The van der Waals surface area contributed by atoms with Gasteiger partial charge in [-0.05, 0) is 42.0 Å². The van der Waals surface area contributed by atoms with Crippen molar-refractivity contribution in [3.8, 4) is 5.75 Å². The summed E-state index contributed by atoms with van der Waals surface area (Å²) in [7, 11) is -2.42. The second-order valence-electron chi connectivity index (χ2n) is 8.10. The maximum atomic E-state index is 14.4. The van der Waals surface area contributed by atoms with Crippen molar-refractivity contribution in [1.82, 2.24) is 19.8 Å². The summed E-state index contributed by atoms with van der Waals surface area (Å²) in [5, 5.41) is 3.49. The fourth-order valence-electron chi connectivity index (χ4n) is 3.57. The van der Waals surface area contributed by atoms with Crippen molar-refractivity contribution < 1.29 is 26.3 Å². The molecular formula is C25H19F3N6O3S2. The van der Waals surface area contributed by atoms with E-state index < -0.39 is 27.5 Å². The number of halogens is 3. The predicted octanol–water partition coefficient (Wildman–Crippen LogP) is 5.15. The minimum atomic E-state index is -3.98. The zero-order valence-electron chi connectivity index (χ0n) is 20.1. The van der Waals surface area contributed by atoms with Crippen LogP contribution in [0.5, 0.6) is 5.75 Å². The molecule has 0 spiro atoms. The smallest absolute Gasteiger partial charge is 0.257 e. The van der Waals surface area contributed by atoms with Gasteiger partial charge in [-0.2, -0.15) is 4.98 Å². The monoisotopic (exact) mass is 572 g/mol. The van der Waals surface area contributed by atoms with Gasteiger partial charge in [-0.25, -0.2) is 31.6 Å². The topological polar surface area (TPSA) is 118 Å². The van der Waals surface area contributed by atoms with Gasteiger partial charge in [-0.3, -0.25) is 5.43 Å². The van der Waals surface area contributed by atoms with E-state index in [1.54, 1.807) is 37.4 Å². The number of hydrogen-bond donors (Lipinski definition) is 3. The summed E-state index contributed by atoms with van der Waals surface area (Å²) in [5.41, 5.74) is 3.19. The molecule has 0 radical (unpaired) electrons. The van der Waals surface area contributed by atoms with Gasteiger partial charge >= 0.3 is 0 Å². The van der Waals surface area contributed by atoms with Crippen molar-refractivity contribution in [1.29, 1.82) is 0 Å². The number of hydrogen-bond acceptors (Lipinski definition) is 9. The number of anilines is 3. The van der Waals surface area contributed by atoms with E-state index in [0.717, 1.165) is 16.8 Å². The Labute approximate surface area is 224 Å². The molecule has 3 N–H and O–H groups in total. The van der Waals surface area contributed by atoms with Crippen molar-refractivity contribution in [3.05, 3.63) is 95.4 Å². The molecule has 0 amide bonds. The predicted molar refractivity (Wildman–Crippen MR) is 141 cm³/mol. The van der Waals surface area contributed by atoms with Crippen molar-refractivity contribution in [2.75, 3.05) is 17.9 Å². The molecule has 5 aromatic rings. The molecule has 14 heteroatoms. The summed E-state index contributed by atoms with van der Waals surface area (Å²) in [5.74, 6) is -3.59. The van der Waals surface area contributed by atoms with Gasteiger partial charge in [0, 0.05) is 12.5 Å². The number of nitrogens with zero attached hydrogens (tertiary/aromatic N) is 3. The van der Waals surface area contributed by atoms with Crippen LogP contribution in [0.3, 0.4) is 0 Å². The van der Waals surface area contributed by atoms with Gasteiger partial charge in [0.2, 0.25) is 5.95 Å². The number of rotatable bonds is 9. The number of aromatic nitrogens is 3. The molecular weight excluding hydrogens is 553 g/mol. The van der Waals surface area contributed by atoms with Gasteiger partial charge in [0.05, 0.1) is 27.9 Å². The molecule has 0 fully saturated rings. The molecule has 0 atom stereocenters. The molecule has 0 saturated heterocycles. The SMILES string of the molecule is COc1ccc2nc(Nc3cc(Cc4ccc(F)c(F)c4F)nc(NNS(=O)(=O)c4ccccc4)n3)sc2c1. The van der Waals surface area contributed by atoms with Gasteiger partial charge < -0.3 is 10.1 Å². The lowest BCUT2D eigenvalue weighted by Gasteiger charge is -2.12. The van der Waals surface area contributed by atoms with Crippen LogP contribution in [0.25, 0.3) is 10.2 Å². The highest BCUT2D eigenvalue weighted by Gasteiger charge is 2.17. The third kappa shape index (κ3) is 5.92. The summed E-state index contributed by atoms with van der Waals surface area (Å²) in [6.45, 7) is 0. The summed E-state index contributed by atoms with van der Waals surface area (Å²) < 4.78 is 72.9. The highest BCUT2D eigenvalue weighted by molar-refractivity contribution is 7.89. The van der Waals surface area contributed by atoms with Gasteiger partial charge in [0.15, 0.2) is 22.6 Å². The second kappa shape index (κ2) is 10.8. The number of thiazole rings is 1. The molecule has 9 nitrogen and oxygen atoms in total. The molecule has 0 unspecified atom stereocenters. The van der Waals surface area contributed by atoms with Crippen LogP contribution in [-0.4, -0.2) is 30.5 Å². The Balaban J connectivity index is 1.46. The summed E-state index contributed by atoms with van der Waals surface area (Å²) >= 11 is 1.31. The van der Waals surface area contributed by atoms with E-state index in [-0.39, 0.29) is 34.3 Å². The van der Waals surface area contributed by atoms with Crippen molar-refractivity contribution in [2.24, 2.45) is 0 Å². The zero-order chi connectivity index (χ0) is 27.6. The van der Waals surface area contributed by atoms with Crippen LogP contribution in [0.15, 0.2) is 71.6 Å². The highest BCUT2D eigenvalue weighted by atomic mass is 32.2. The zero-order valence-corrected chi connectivity index (χ0v) is 21.7. The van der Waals surface area contributed by atoms with E-state index in [9.17, 15) is 21.6 Å². The quantitative estimate of drug-likeness (QED) is 0.164. The van der Waals surface area contributed by atoms with Crippen molar-refractivity contribution >= 4 is 48.5 Å². The van der Waals surface area contributed by atoms with E-state index in [2.05, 4.69) is 30.5 Å². The Morgan fingerprint density at radius 3 is 2.49 bits per heavy atom. The molecule has 5 rings (SSSR count). The number of nitrogens with one attached hydrogen (secondary N) is 3. The molecule has 200 valence electrons. The Kier molecular flexibility index (Phi) is 7.32. The van der Waals surface area contributed by atoms with Crippen LogP contribution < -0.4 is 20.3 Å². The number of benzene rings is 3. The molecule has 0 bridgehead atoms. The molecule has 0 aliphatic rings. The lowest BCUT2D eigenvalue weighted by molar-refractivity contribution is 0.415. The molecule has 2 heterocycles. The minimum absolute atomic E-state index is 0.000709. The maximum absolute atomic E-state index is 14.4. The summed E-state index contributed by atoms with van der Waals surface area (Å²) in [6, 6.07) is 16.4. The lowest BCUT2D eigenvalue weighted by Crippen LogP contribution is -2.30. The fraction of sp³-hybridized carbons (Fsp3) is 0.0800. The van der Waals surface area contributed by atoms with E-state index in [4.69, 9.17) is 4.74 Å². The Bertz CT molecular complexity index is 1770. The molecule has 2 aromatic heterocycles. The van der Waals surface area contributed by atoms with Crippen LogP contribution in [0, 0.1) is 17.5 Å². The number of hydrazine groups is 1. The molecule has 39 heavy (non-hydrogen) atoms. The fourth-order valence-corrected chi connectivity index (χ4v) is 5.33. The maximum Gasteiger partial charge on any atom is 0.257 e. The number of fused-ring (bicyclic) bond motifs is 1. The first kappa shape index (κ1) is 26.3. The number of sulfonamides is 1. The summed E-state index contributed by atoms with van der Waals surface area (Å²) in [6.07, 6.45) is -0.239. The largest absolute Gasteiger partial charge is 0.497 e. The molecule has 0 aliphatic carbocycles. The van der Waals surface area contributed by atoms with E-state index in [1.807, 2.05) is 6.07 Å². The van der Waals surface area contributed by atoms with Crippen LogP contribution in [0.4, 0.5) is 30.1 Å². The van der Waals surface area contributed by atoms with Gasteiger partial charge in [-0.1, -0.05) is 35.6 Å². The van der Waals surface area contributed by atoms with Crippen LogP contribution in [-0.2, 0) is 16.4 Å². The van der Waals surface area contributed by atoms with Crippen LogP contribution in [0.1, 0.15) is 11.3 Å². The standard InChI is InChI=1S/C25H19F3N6O3S2/c1-37-16-8-10-19-20(13-16)38-25(30-19)32-21-12-15(11-14-7-9-18(26)23(28)22(14)27)29-24(31-21)33-34-39(35,36)17-5-3-2-4-6-17/h2-10,12-13,34H,11H2,1H3,(H2,29,30,31,32,33). The van der Waals surface area contributed by atoms with Gasteiger partial charge in [0.25, 0.3) is 10.0 Å². The Hall–Kier alpha value is -4.27. The first-order valence-corrected chi connectivity index (χ1v) is 13.6. The Morgan fingerprint density at radius 1 is 0.923 bits per heavy atom. The van der Waals surface area contributed by atoms with Crippen molar-refractivity contribution in [2.45, 2.75) is 11.3 Å². The first-order chi connectivity index (χ1) is 18.7. The highest BCUT2D eigenvalue weighted by Crippen LogP contribution is 2.31. The van der Waals surface area contributed by atoms with Gasteiger partial charge in [0.1, 0.15) is 11.6 Å². The van der Waals surface area contributed by atoms with E-state index >= 15 is 0 Å².